The van der Waals surface area contributed by atoms with Crippen LogP contribution < -0.4 is 14.8 Å². The van der Waals surface area contributed by atoms with Gasteiger partial charge in [0, 0.05) is 23.3 Å². The molecule has 0 aliphatic carbocycles. The Labute approximate surface area is 277 Å². The molecule has 0 saturated carbocycles. The normalized spacial score (nSPS) is 12.0. The lowest BCUT2D eigenvalue weighted by molar-refractivity contribution is 0.333. The molecule has 0 aliphatic rings. The zero-order chi connectivity index (χ0) is 33.1. The van der Waals surface area contributed by atoms with E-state index in [1.54, 1.807) is 42.5 Å². The molecular weight excluding hydrogens is 621 g/mol. The maximum atomic E-state index is 12.5. The van der Waals surface area contributed by atoms with Crippen LogP contribution in [0.5, 0.6) is 5.75 Å². The van der Waals surface area contributed by atoms with Crippen LogP contribution in [0.25, 0.3) is 10.8 Å². The van der Waals surface area contributed by atoms with Crippen LogP contribution in [0.3, 0.4) is 0 Å². The third-order valence-corrected chi connectivity index (χ3v) is 10.5. The molecule has 0 bridgehead atoms. The van der Waals surface area contributed by atoms with E-state index >= 15 is 0 Å². The Bertz CT molecular complexity index is 1510. The third kappa shape index (κ3) is 14.7. The number of nitrogens with one attached hydrogen (secondary N) is 2. The van der Waals surface area contributed by atoms with Gasteiger partial charge in [-0.2, -0.15) is 8.42 Å². The zero-order valence-corrected chi connectivity index (χ0v) is 29.1. The van der Waals surface area contributed by atoms with Gasteiger partial charge in [0.05, 0.1) is 10.6 Å². The quantitative estimate of drug-likeness (QED) is 0.0604. The molecule has 0 heterocycles. The van der Waals surface area contributed by atoms with Crippen LogP contribution in [0.1, 0.15) is 110 Å². The summed E-state index contributed by atoms with van der Waals surface area (Å²) < 4.78 is 65.7. The van der Waals surface area contributed by atoms with Gasteiger partial charge < -0.3 is 10.1 Å². The molecular formula is C36H54N2O6S2. The Morgan fingerprint density at radius 2 is 1.24 bits per heavy atom. The molecule has 0 saturated heterocycles. The summed E-state index contributed by atoms with van der Waals surface area (Å²) in [6, 6.07) is 16.8. The van der Waals surface area contributed by atoms with Crippen LogP contribution in [0.15, 0.2) is 65.6 Å². The summed E-state index contributed by atoms with van der Waals surface area (Å²) in [5.74, 6) is 0.749. The topological polar surface area (TPSA) is 122 Å². The molecule has 10 heteroatoms. The molecule has 3 rings (SSSR count). The fourth-order valence-corrected chi connectivity index (χ4v) is 7.32. The second kappa shape index (κ2) is 20.4. The Morgan fingerprint density at radius 1 is 0.674 bits per heavy atom. The summed E-state index contributed by atoms with van der Waals surface area (Å²) in [6.45, 7) is 3.12. The Hall–Kier alpha value is -2.82. The number of anilines is 2. The van der Waals surface area contributed by atoms with Gasteiger partial charge >= 0.3 is 0 Å². The van der Waals surface area contributed by atoms with E-state index in [0.717, 1.165) is 23.9 Å². The van der Waals surface area contributed by atoms with E-state index < -0.39 is 20.1 Å². The van der Waals surface area contributed by atoms with Crippen molar-refractivity contribution in [1.82, 2.24) is 0 Å². The summed E-state index contributed by atoms with van der Waals surface area (Å²) in [7, 11) is -7.66. The van der Waals surface area contributed by atoms with Crippen LogP contribution in [-0.2, 0) is 20.1 Å². The summed E-state index contributed by atoms with van der Waals surface area (Å²) in [4.78, 5) is -0.147. The van der Waals surface area contributed by atoms with Gasteiger partial charge in [-0.1, -0.05) is 121 Å². The highest BCUT2D eigenvalue weighted by molar-refractivity contribution is 7.92. The maximum absolute atomic E-state index is 12.5. The molecule has 0 amide bonds. The van der Waals surface area contributed by atoms with E-state index in [1.807, 2.05) is 6.07 Å². The largest absolute Gasteiger partial charge is 0.492 e. The number of ether oxygens (including phenoxy) is 1. The first-order valence-electron chi connectivity index (χ1n) is 17.2. The van der Waals surface area contributed by atoms with Crippen molar-refractivity contribution in [2.24, 2.45) is 0 Å². The SMILES string of the molecule is CCCCCCCCCCCCCCCCCCS(=O)(=O)Nc1ccc(OCCNc2cccc3cc(S(=O)(=O)O)ccc23)cc1. The van der Waals surface area contributed by atoms with Crippen LogP contribution >= 0.6 is 0 Å². The Kier molecular flexibility index (Phi) is 16.7. The lowest BCUT2D eigenvalue weighted by Gasteiger charge is -2.12. The number of hydrogen-bond acceptors (Lipinski definition) is 6. The van der Waals surface area contributed by atoms with Crippen molar-refractivity contribution in [1.29, 1.82) is 0 Å². The highest BCUT2D eigenvalue weighted by atomic mass is 32.2. The predicted molar refractivity (Wildman–Crippen MR) is 191 cm³/mol. The second-order valence-corrected chi connectivity index (χ2v) is 15.5. The first-order valence-corrected chi connectivity index (χ1v) is 20.2. The molecule has 0 aliphatic heterocycles. The van der Waals surface area contributed by atoms with Crippen molar-refractivity contribution < 1.29 is 26.1 Å². The average molecular weight is 675 g/mol. The molecule has 0 spiro atoms. The Morgan fingerprint density at radius 3 is 1.80 bits per heavy atom. The lowest BCUT2D eigenvalue weighted by Crippen LogP contribution is -2.16. The van der Waals surface area contributed by atoms with Gasteiger partial charge in [0.2, 0.25) is 10.0 Å². The highest BCUT2D eigenvalue weighted by Crippen LogP contribution is 2.26. The van der Waals surface area contributed by atoms with Gasteiger partial charge in [-0.25, -0.2) is 8.42 Å². The first kappa shape index (κ1) is 37.6. The van der Waals surface area contributed by atoms with Crippen molar-refractivity contribution in [3.8, 4) is 5.75 Å². The molecule has 3 aromatic carbocycles. The van der Waals surface area contributed by atoms with Gasteiger partial charge in [-0.3, -0.25) is 9.27 Å². The molecule has 0 fully saturated rings. The van der Waals surface area contributed by atoms with E-state index in [1.165, 1.54) is 95.6 Å². The summed E-state index contributed by atoms with van der Waals surface area (Å²) >= 11 is 0. The maximum Gasteiger partial charge on any atom is 0.294 e. The van der Waals surface area contributed by atoms with E-state index in [2.05, 4.69) is 17.0 Å². The van der Waals surface area contributed by atoms with E-state index in [0.29, 0.717) is 36.4 Å². The third-order valence-electron chi connectivity index (χ3n) is 8.23. The lowest BCUT2D eigenvalue weighted by atomic mass is 10.0. The molecule has 256 valence electrons. The van der Waals surface area contributed by atoms with Gasteiger partial charge in [0.1, 0.15) is 12.4 Å². The molecule has 46 heavy (non-hydrogen) atoms. The molecule has 3 aromatic rings. The van der Waals surface area contributed by atoms with Crippen LogP contribution in [0.2, 0.25) is 0 Å². The summed E-state index contributed by atoms with van der Waals surface area (Å²) in [5, 5.41) is 4.80. The predicted octanol–water partition coefficient (Wildman–Crippen LogP) is 9.58. The molecule has 3 N–H and O–H groups in total. The fraction of sp³-hybridized carbons (Fsp3) is 0.556. The molecule has 0 unspecified atom stereocenters. The highest BCUT2D eigenvalue weighted by Gasteiger charge is 2.12. The van der Waals surface area contributed by atoms with Crippen molar-refractivity contribution in [2.45, 2.75) is 115 Å². The molecule has 8 nitrogen and oxygen atoms in total. The number of benzene rings is 3. The number of hydrogen-bond donors (Lipinski definition) is 3. The van der Waals surface area contributed by atoms with Gasteiger partial charge in [-0.05, 0) is 54.3 Å². The second-order valence-electron chi connectivity index (χ2n) is 12.2. The molecule has 0 aromatic heterocycles. The monoisotopic (exact) mass is 674 g/mol. The van der Waals surface area contributed by atoms with E-state index in [4.69, 9.17) is 4.74 Å². The standard InChI is InChI=1S/C36H54N2O6S2/c1-2-3-4-5-6-7-8-9-10-11-12-13-14-15-16-17-29-45(39,40)38-32-21-23-33(24-22-32)44-28-27-37-36-20-18-19-31-30-34(46(41,42)43)25-26-35(31)36/h18-26,30,37-38H,2-17,27-29H2,1H3,(H,41,42,43). The average Bonchev–Trinajstić information content (AvgIpc) is 3.03. The minimum Gasteiger partial charge on any atom is -0.492 e. The first-order chi connectivity index (χ1) is 22.2. The van der Waals surface area contributed by atoms with Crippen molar-refractivity contribution >= 4 is 42.3 Å². The minimum atomic E-state index is -4.27. The summed E-state index contributed by atoms with van der Waals surface area (Å²) in [5.41, 5.74) is 1.33. The minimum absolute atomic E-state index is 0.126. The van der Waals surface area contributed by atoms with Crippen molar-refractivity contribution in [2.75, 3.05) is 28.9 Å². The fourth-order valence-electron chi connectivity index (χ4n) is 5.62. The zero-order valence-electron chi connectivity index (χ0n) is 27.5. The smallest absolute Gasteiger partial charge is 0.294 e. The van der Waals surface area contributed by atoms with Crippen LogP contribution in [-0.4, -0.2) is 40.3 Å². The number of fused-ring (bicyclic) bond motifs is 1. The van der Waals surface area contributed by atoms with Crippen molar-refractivity contribution in [3.63, 3.8) is 0 Å². The summed E-state index contributed by atoms with van der Waals surface area (Å²) in [6.07, 6.45) is 20.1. The van der Waals surface area contributed by atoms with E-state index in [9.17, 15) is 21.4 Å². The number of unbranched alkanes of at least 4 members (excludes halogenated alkanes) is 15. The van der Waals surface area contributed by atoms with Gasteiger partial charge in [0.25, 0.3) is 10.1 Å². The molecule has 0 radical (unpaired) electrons. The molecule has 0 atom stereocenters. The number of rotatable bonds is 25. The van der Waals surface area contributed by atoms with Crippen LogP contribution in [0.4, 0.5) is 11.4 Å². The van der Waals surface area contributed by atoms with E-state index in [-0.39, 0.29) is 10.6 Å². The van der Waals surface area contributed by atoms with Crippen molar-refractivity contribution in [3.05, 3.63) is 60.7 Å². The number of sulfonamides is 1. The van der Waals surface area contributed by atoms with Gasteiger partial charge in [0.15, 0.2) is 0 Å². The van der Waals surface area contributed by atoms with Gasteiger partial charge in [-0.15, -0.1) is 0 Å². The Balaban J connectivity index is 1.23. The van der Waals surface area contributed by atoms with Crippen LogP contribution in [0, 0.1) is 0 Å².